The molecule has 1 fully saturated rings. The summed E-state index contributed by atoms with van der Waals surface area (Å²) < 4.78 is 0.782. The van der Waals surface area contributed by atoms with Crippen LogP contribution in [0.2, 0.25) is 4.34 Å². The number of aryl methyl sites for hydroxylation is 1. The topological polar surface area (TPSA) is 109 Å². The van der Waals surface area contributed by atoms with E-state index < -0.39 is 6.04 Å². The van der Waals surface area contributed by atoms with Gasteiger partial charge in [-0.05, 0) is 62.9 Å². The summed E-state index contributed by atoms with van der Waals surface area (Å²) in [7, 11) is 0. The fraction of sp³-hybridized carbons (Fsp3) is 0.450. The van der Waals surface area contributed by atoms with Gasteiger partial charge in [0.25, 0.3) is 0 Å². The summed E-state index contributed by atoms with van der Waals surface area (Å²) in [4.78, 5) is 30.3. The van der Waals surface area contributed by atoms with Crippen LogP contribution in [0, 0.1) is 12.8 Å². The minimum atomic E-state index is -0.624. The van der Waals surface area contributed by atoms with Crippen molar-refractivity contribution in [2.24, 2.45) is 5.92 Å². The van der Waals surface area contributed by atoms with Gasteiger partial charge >= 0.3 is 0 Å². The number of hydrogen-bond acceptors (Lipinski definition) is 6. The number of carbonyl (C=O) groups excluding carboxylic acids is 2. The van der Waals surface area contributed by atoms with E-state index in [4.69, 9.17) is 17.3 Å². The molecule has 2 amide bonds. The van der Waals surface area contributed by atoms with Crippen LogP contribution in [0.5, 0.6) is 0 Å². The maximum atomic E-state index is 12.5. The molecule has 0 radical (unpaired) electrons. The first-order chi connectivity index (χ1) is 13.8. The predicted molar refractivity (Wildman–Crippen MR) is 130 cm³/mol. The molecular formula is C20H28Cl3N5O2S. The standard InChI is InChI=1S/C20H26ClN5O2S.2ClH/c1-11-14(3-6-18(22)25-11)10-24-19(27)12(2)26-20(28)16-8-13(9-23-16)7-15-4-5-17(21)29-15;;/h3-6,12-13,16,23H,7-10H2,1-2H3,(H2,22,25)(H,24,27)(H,26,28);2*1H/t12-,13-,16+;;/m0../s1. The quantitative estimate of drug-likeness (QED) is 0.460. The number of pyridine rings is 1. The Hall–Kier alpha value is -1.58. The van der Waals surface area contributed by atoms with E-state index in [9.17, 15) is 9.59 Å². The zero-order chi connectivity index (χ0) is 21.0. The van der Waals surface area contributed by atoms with E-state index in [0.717, 1.165) is 35.0 Å². The summed E-state index contributed by atoms with van der Waals surface area (Å²) in [6.45, 7) is 4.64. The van der Waals surface area contributed by atoms with Gasteiger partial charge in [-0.25, -0.2) is 4.98 Å². The van der Waals surface area contributed by atoms with E-state index in [1.165, 1.54) is 4.88 Å². The van der Waals surface area contributed by atoms with Gasteiger partial charge in [0.15, 0.2) is 0 Å². The molecule has 0 aromatic carbocycles. The Morgan fingerprint density at radius 2 is 2.06 bits per heavy atom. The molecule has 0 saturated carbocycles. The second-order valence-electron chi connectivity index (χ2n) is 7.40. The van der Waals surface area contributed by atoms with Crippen LogP contribution in [0.15, 0.2) is 24.3 Å². The number of thiophene rings is 1. The lowest BCUT2D eigenvalue weighted by molar-refractivity contribution is -0.129. The molecule has 5 N–H and O–H groups in total. The van der Waals surface area contributed by atoms with Crippen molar-refractivity contribution in [3.8, 4) is 0 Å². The lowest BCUT2D eigenvalue weighted by atomic mass is 10.0. The van der Waals surface area contributed by atoms with Gasteiger partial charge in [-0.3, -0.25) is 9.59 Å². The van der Waals surface area contributed by atoms with Crippen molar-refractivity contribution in [2.75, 3.05) is 12.3 Å². The highest BCUT2D eigenvalue weighted by molar-refractivity contribution is 7.16. The molecule has 0 spiro atoms. The van der Waals surface area contributed by atoms with E-state index in [1.54, 1.807) is 24.3 Å². The molecule has 3 rings (SSSR count). The van der Waals surface area contributed by atoms with Crippen molar-refractivity contribution in [2.45, 2.75) is 45.3 Å². The van der Waals surface area contributed by atoms with Gasteiger partial charge in [0.1, 0.15) is 11.9 Å². The largest absolute Gasteiger partial charge is 0.384 e. The zero-order valence-corrected chi connectivity index (χ0v) is 20.5. The highest BCUT2D eigenvalue weighted by Gasteiger charge is 2.31. The Balaban J connectivity index is 0.00000240. The van der Waals surface area contributed by atoms with Crippen molar-refractivity contribution in [1.82, 2.24) is 20.9 Å². The summed E-state index contributed by atoms with van der Waals surface area (Å²) in [5.74, 6) is 0.440. The third-order valence-electron chi connectivity index (χ3n) is 5.08. The van der Waals surface area contributed by atoms with E-state index in [0.29, 0.717) is 18.3 Å². The van der Waals surface area contributed by atoms with E-state index in [-0.39, 0.29) is 42.7 Å². The molecule has 31 heavy (non-hydrogen) atoms. The van der Waals surface area contributed by atoms with Crippen LogP contribution in [0.4, 0.5) is 5.82 Å². The smallest absolute Gasteiger partial charge is 0.242 e. The van der Waals surface area contributed by atoms with E-state index >= 15 is 0 Å². The molecular weight excluding hydrogens is 481 g/mol. The predicted octanol–water partition coefficient (Wildman–Crippen LogP) is 2.87. The third-order valence-corrected chi connectivity index (χ3v) is 6.33. The Bertz CT molecular complexity index is 895. The number of aromatic nitrogens is 1. The molecule has 3 atom stereocenters. The molecule has 1 saturated heterocycles. The van der Waals surface area contributed by atoms with Crippen LogP contribution in [-0.2, 0) is 22.6 Å². The summed E-state index contributed by atoms with van der Waals surface area (Å²) in [5.41, 5.74) is 7.31. The number of carbonyl (C=O) groups is 2. The number of nitrogens with one attached hydrogen (secondary N) is 3. The van der Waals surface area contributed by atoms with Crippen molar-refractivity contribution in [3.63, 3.8) is 0 Å². The lowest BCUT2D eigenvalue weighted by Crippen LogP contribution is -2.50. The van der Waals surface area contributed by atoms with Gasteiger partial charge in [-0.1, -0.05) is 17.7 Å². The average molecular weight is 509 g/mol. The molecule has 0 aliphatic carbocycles. The van der Waals surface area contributed by atoms with Crippen LogP contribution in [-0.4, -0.2) is 35.4 Å². The number of nitrogen functional groups attached to an aromatic ring is 1. The maximum Gasteiger partial charge on any atom is 0.242 e. The molecule has 7 nitrogen and oxygen atoms in total. The van der Waals surface area contributed by atoms with Crippen molar-refractivity contribution < 1.29 is 9.59 Å². The number of rotatable bonds is 7. The molecule has 172 valence electrons. The van der Waals surface area contributed by atoms with Gasteiger partial charge in [0.05, 0.1) is 10.4 Å². The van der Waals surface area contributed by atoms with Crippen LogP contribution >= 0.6 is 47.8 Å². The normalized spacial score (nSPS) is 18.4. The molecule has 3 heterocycles. The zero-order valence-electron chi connectivity index (χ0n) is 17.3. The molecule has 0 unspecified atom stereocenters. The molecule has 1 aliphatic rings. The molecule has 2 aromatic rings. The number of hydrogen-bond donors (Lipinski definition) is 4. The maximum absolute atomic E-state index is 12.5. The molecule has 2 aromatic heterocycles. The monoisotopic (exact) mass is 507 g/mol. The number of anilines is 1. The van der Waals surface area contributed by atoms with Gasteiger partial charge in [0, 0.05) is 17.1 Å². The fourth-order valence-electron chi connectivity index (χ4n) is 3.42. The Morgan fingerprint density at radius 3 is 2.71 bits per heavy atom. The first-order valence-electron chi connectivity index (χ1n) is 9.59. The number of amides is 2. The van der Waals surface area contributed by atoms with Gasteiger partial charge < -0.3 is 21.7 Å². The number of halogens is 3. The van der Waals surface area contributed by atoms with E-state index in [1.807, 2.05) is 25.1 Å². The van der Waals surface area contributed by atoms with Crippen LogP contribution in [0.1, 0.15) is 29.5 Å². The summed E-state index contributed by atoms with van der Waals surface area (Å²) in [6.07, 6.45) is 1.64. The second kappa shape index (κ2) is 12.5. The fourth-order valence-corrected chi connectivity index (χ4v) is 4.62. The third kappa shape index (κ3) is 7.80. The molecule has 1 aliphatic heterocycles. The summed E-state index contributed by atoms with van der Waals surface area (Å²) >= 11 is 7.56. The second-order valence-corrected chi connectivity index (χ2v) is 9.20. The SMILES string of the molecule is Cc1nc(N)ccc1CNC(=O)[C@H](C)NC(=O)[C@H]1C[C@H](Cc2ccc(Cl)s2)CN1.Cl.Cl. The van der Waals surface area contributed by atoms with Gasteiger partial charge in [-0.15, -0.1) is 36.2 Å². The minimum Gasteiger partial charge on any atom is -0.384 e. The van der Waals surface area contributed by atoms with Crippen molar-refractivity contribution in [1.29, 1.82) is 0 Å². The van der Waals surface area contributed by atoms with Gasteiger partial charge in [0.2, 0.25) is 11.8 Å². The lowest BCUT2D eigenvalue weighted by Gasteiger charge is -2.17. The Kier molecular flexibility index (Phi) is 11.0. The Labute approximate surface area is 203 Å². The summed E-state index contributed by atoms with van der Waals surface area (Å²) in [5, 5.41) is 8.89. The highest BCUT2D eigenvalue weighted by Crippen LogP contribution is 2.26. The van der Waals surface area contributed by atoms with Crippen LogP contribution in [0.25, 0.3) is 0 Å². The van der Waals surface area contributed by atoms with Crippen molar-refractivity contribution in [3.05, 3.63) is 44.7 Å². The number of nitrogens with two attached hydrogens (primary N) is 1. The van der Waals surface area contributed by atoms with Gasteiger partial charge in [-0.2, -0.15) is 0 Å². The summed E-state index contributed by atoms with van der Waals surface area (Å²) in [6, 6.07) is 6.56. The molecule has 0 bridgehead atoms. The van der Waals surface area contributed by atoms with Crippen molar-refractivity contribution >= 4 is 65.4 Å². The first-order valence-corrected chi connectivity index (χ1v) is 10.8. The Morgan fingerprint density at radius 1 is 1.32 bits per heavy atom. The number of nitrogens with zero attached hydrogens (tertiary/aromatic N) is 1. The molecule has 11 heteroatoms. The van der Waals surface area contributed by atoms with Crippen LogP contribution < -0.4 is 21.7 Å². The van der Waals surface area contributed by atoms with E-state index in [2.05, 4.69) is 20.9 Å². The first kappa shape index (κ1) is 27.5. The minimum absolute atomic E-state index is 0. The highest BCUT2D eigenvalue weighted by atomic mass is 35.5. The van der Waals surface area contributed by atoms with Crippen LogP contribution in [0.3, 0.4) is 0 Å². The average Bonchev–Trinajstić information content (AvgIpc) is 3.30.